The molecule has 17 heavy (non-hydrogen) atoms. The van der Waals surface area contributed by atoms with Crippen molar-refractivity contribution in [2.45, 2.75) is 39.7 Å². The number of hydrogen-bond donors (Lipinski definition) is 3. The number of hydrogen-bond acceptors (Lipinski definition) is 4. The van der Waals surface area contributed by atoms with Gasteiger partial charge in [-0.05, 0) is 20.3 Å². The lowest BCUT2D eigenvalue weighted by molar-refractivity contribution is 0.679. The molecule has 1 unspecified atom stereocenters. The molecule has 1 atom stereocenters. The Kier molecular flexibility index (Phi) is 5.93. The number of hydrazine groups is 1. The third kappa shape index (κ3) is 4.70. The Balaban J connectivity index is 2.53. The van der Waals surface area contributed by atoms with Crippen molar-refractivity contribution in [2.24, 2.45) is 10.8 Å². The fourth-order valence-electron chi connectivity index (χ4n) is 1.32. The van der Waals surface area contributed by atoms with Gasteiger partial charge < -0.3 is 5.32 Å². The third-order valence-electron chi connectivity index (χ3n) is 2.28. The summed E-state index contributed by atoms with van der Waals surface area (Å²) in [5.41, 5.74) is 2.58. The van der Waals surface area contributed by atoms with E-state index in [1.54, 1.807) is 11.3 Å². The van der Waals surface area contributed by atoms with Crippen LogP contribution in [0, 0.1) is 6.92 Å². The Bertz CT molecular complexity index is 360. The van der Waals surface area contributed by atoms with E-state index in [-0.39, 0.29) is 6.04 Å². The fraction of sp³-hybridized carbons (Fsp3) is 0.636. The first kappa shape index (κ1) is 13.9. The molecule has 0 aliphatic heterocycles. The molecule has 0 amide bonds. The summed E-state index contributed by atoms with van der Waals surface area (Å²) in [6.45, 7) is 7.02. The minimum atomic E-state index is 0.116. The molecule has 1 aromatic rings. The number of guanidine groups is 1. The summed E-state index contributed by atoms with van der Waals surface area (Å²) in [6, 6.07) is 0.116. The number of nitrogens with one attached hydrogen (secondary N) is 2. The summed E-state index contributed by atoms with van der Waals surface area (Å²) < 4.78 is 0. The van der Waals surface area contributed by atoms with Crippen LogP contribution in [-0.4, -0.2) is 17.5 Å². The van der Waals surface area contributed by atoms with Crippen LogP contribution in [0.25, 0.3) is 0 Å². The second-order valence-corrected chi connectivity index (χ2v) is 5.17. The van der Waals surface area contributed by atoms with Gasteiger partial charge in [0.2, 0.25) is 5.96 Å². The predicted molar refractivity (Wildman–Crippen MR) is 72.9 cm³/mol. The van der Waals surface area contributed by atoms with Crippen LogP contribution >= 0.6 is 11.3 Å². The van der Waals surface area contributed by atoms with Gasteiger partial charge in [-0.25, -0.2) is 10.8 Å². The molecule has 0 aliphatic rings. The predicted octanol–water partition coefficient (Wildman–Crippen LogP) is 1.72. The molecule has 0 bridgehead atoms. The molecule has 0 radical (unpaired) electrons. The summed E-state index contributed by atoms with van der Waals surface area (Å²) in [5.74, 6) is 6.05. The summed E-state index contributed by atoms with van der Waals surface area (Å²) >= 11 is 1.68. The summed E-state index contributed by atoms with van der Waals surface area (Å²) in [7, 11) is 0. The number of nitrogens with two attached hydrogens (primary N) is 1. The van der Waals surface area contributed by atoms with E-state index in [1.165, 1.54) is 4.88 Å². The number of rotatable bonds is 5. The van der Waals surface area contributed by atoms with Gasteiger partial charge in [0, 0.05) is 17.6 Å². The second-order valence-electron chi connectivity index (χ2n) is 3.90. The Morgan fingerprint density at radius 1 is 1.65 bits per heavy atom. The highest BCUT2D eigenvalue weighted by atomic mass is 32.1. The van der Waals surface area contributed by atoms with E-state index in [9.17, 15) is 0 Å². The SMILES string of the molecule is CCCCN=C(NN)NC(C)c1ncc(C)s1. The lowest BCUT2D eigenvalue weighted by atomic mass is 10.3. The quantitative estimate of drug-likeness (QED) is 0.246. The van der Waals surface area contributed by atoms with Crippen LogP contribution < -0.4 is 16.6 Å². The van der Waals surface area contributed by atoms with E-state index in [0.717, 1.165) is 24.4 Å². The minimum Gasteiger partial charge on any atom is -0.346 e. The average Bonchev–Trinajstić information content (AvgIpc) is 2.74. The minimum absolute atomic E-state index is 0.116. The van der Waals surface area contributed by atoms with Crippen LogP contribution in [0.4, 0.5) is 0 Å². The van der Waals surface area contributed by atoms with E-state index < -0.39 is 0 Å². The number of unbranched alkanes of at least 4 members (excludes halogenated alkanes) is 1. The van der Waals surface area contributed by atoms with E-state index in [1.807, 2.05) is 20.0 Å². The Labute approximate surface area is 107 Å². The summed E-state index contributed by atoms with van der Waals surface area (Å²) in [5, 5.41) is 4.26. The Morgan fingerprint density at radius 3 is 2.94 bits per heavy atom. The monoisotopic (exact) mass is 255 g/mol. The first-order valence-corrected chi connectivity index (χ1v) is 6.69. The van der Waals surface area contributed by atoms with Gasteiger partial charge in [-0.2, -0.15) is 0 Å². The Hall–Kier alpha value is -1.14. The molecule has 1 rings (SSSR count). The van der Waals surface area contributed by atoms with Crippen molar-refractivity contribution in [1.82, 2.24) is 15.7 Å². The molecule has 96 valence electrons. The first-order valence-electron chi connectivity index (χ1n) is 5.87. The zero-order valence-electron chi connectivity index (χ0n) is 10.7. The Morgan fingerprint density at radius 2 is 2.41 bits per heavy atom. The van der Waals surface area contributed by atoms with Crippen molar-refractivity contribution in [1.29, 1.82) is 0 Å². The molecule has 0 spiro atoms. The topological polar surface area (TPSA) is 75.3 Å². The fourth-order valence-corrected chi connectivity index (χ4v) is 2.10. The molecular formula is C11H21N5S. The molecule has 4 N–H and O–H groups in total. The maximum Gasteiger partial charge on any atom is 0.206 e. The van der Waals surface area contributed by atoms with Gasteiger partial charge in [0.05, 0.1) is 6.04 Å². The zero-order chi connectivity index (χ0) is 12.7. The molecule has 5 nitrogen and oxygen atoms in total. The smallest absolute Gasteiger partial charge is 0.206 e. The summed E-state index contributed by atoms with van der Waals surface area (Å²) in [6.07, 6.45) is 4.07. The number of thiazole rings is 1. The van der Waals surface area contributed by atoms with Crippen LogP contribution in [0.2, 0.25) is 0 Å². The molecule has 0 aliphatic carbocycles. The molecule has 0 aromatic carbocycles. The molecule has 6 heteroatoms. The average molecular weight is 255 g/mol. The van der Waals surface area contributed by atoms with Gasteiger partial charge in [-0.1, -0.05) is 13.3 Å². The van der Waals surface area contributed by atoms with Crippen LogP contribution in [0.3, 0.4) is 0 Å². The van der Waals surface area contributed by atoms with Crippen LogP contribution in [0.5, 0.6) is 0 Å². The molecule has 0 saturated heterocycles. The number of aryl methyl sites for hydroxylation is 1. The standard InChI is InChI=1S/C11H21N5S/c1-4-5-6-13-11(16-12)15-9(3)10-14-7-8(2)17-10/h7,9H,4-6,12H2,1-3H3,(H2,13,15,16). The highest BCUT2D eigenvalue weighted by molar-refractivity contribution is 7.11. The highest BCUT2D eigenvalue weighted by Crippen LogP contribution is 2.18. The van der Waals surface area contributed by atoms with Gasteiger partial charge in [-0.15, -0.1) is 11.3 Å². The lowest BCUT2D eigenvalue weighted by Crippen LogP contribution is -2.42. The second kappa shape index (κ2) is 7.24. The molecular weight excluding hydrogens is 234 g/mol. The number of aromatic nitrogens is 1. The van der Waals surface area contributed by atoms with Crippen LogP contribution in [-0.2, 0) is 0 Å². The highest BCUT2D eigenvalue weighted by Gasteiger charge is 2.10. The lowest BCUT2D eigenvalue weighted by Gasteiger charge is -2.14. The van der Waals surface area contributed by atoms with E-state index in [4.69, 9.17) is 5.84 Å². The maximum atomic E-state index is 5.43. The van der Waals surface area contributed by atoms with Gasteiger partial charge in [0.25, 0.3) is 0 Å². The molecule has 0 fully saturated rings. The first-order chi connectivity index (χ1) is 8.17. The van der Waals surface area contributed by atoms with E-state index in [2.05, 4.69) is 27.6 Å². The number of aliphatic imine (C=N–C) groups is 1. The van der Waals surface area contributed by atoms with Crippen molar-refractivity contribution in [3.8, 4) is 0 Å². The third-order valence-corrected chi connectivity index (χ3v) is 3.38. The van der Waals surface area contributed by atoms with Gasteiger partial charge in [0.1, 0.15) is 5.01 Å². The van der Waals surface area contributed by atoms with Gasteiger partial charge in [-0.3, -0.25) is 10.4 Å². The van der Waals surface area contributed by atoms with Gasteiger partial charge in [0.15, 0.2) is 0 Å². The van der Waals surface area contributed by atoms with Crippen molar-refractivity contribution in [3.63, 3.8) is 0 Å². The largest absolute Gasteiger partial charge is 0.346 e. The van der Waals surface area contributed by atoms with E-state index in [0.29, 0.717) is 5.96 Å². The zero-order valence-corrected chi connectivity index (χ0v) is 11.5. The van der Waals surface area contributed by atoms with Crippen molar-refractivity contribution in [3.05, 3.63) is 16.1 Å². The van der Waals surface area contributed by atoms with E-state index >= 15 is 0 Å². The molecule has 0 saturated carbocycles. The van der Waals surface area contributed by atoms with Crippen molar-refractivity contribution in [2.75, 3.05) is 6.54 Å². The maximum absolute atomic E-state index is 5.43. The molecule has 1 heterocycles. The van der Waals surface area contributed by atoms with Gasteiger partial charge >= 0.3 is 0 Å². The number of nitrogens with zero attached hydrogens (tertiary/aromatic N) is 2. The normalized spacial score (nSPS) is 13.5. The molecule has 1 aromatic heterocycles. The van der Waals surface area contributed by atoms with Crippen molar-refractivity contribution < 1.29 is 0 Å². The van der Waals surface area contributed by atoms with Crippen molar-refractivity contribution >= 4 is 17.3 Å². The van der Waals surface area contributed by atoms with Crippen LogP contribution in [0.15, 0.2) is 11.2 Å². The van der Waals surface area contributed by atoms with Crippen LogP contribution in [0.1, 0.15) is 42.6 Å². The summed E-state index contributed by atoms with van der Waals surface area (Å²) in [4.78, 5) is 9.89.